The molecule has 86 valence electrons. The minimum absolute atomic E-state index is 0.0996. The maximum absolute atomic E-state index is 12.0. The molecule has 0 aromatic carbocycles. The van der Waals surface area contributed by atoms with Crippen LogP contribution in [0.3, 0.4) is 0 Å². The van der Waals surface area contributed by atoms with E-state index in [0.717, 1.165) is 19.4 Å². The van der Waals surface area contributed by atoms with E-state index >= 15 is 0 Å². The van der Waals surface area contributed by atoms with Gasteiger partial charge in [0, 0.05) is 33.0 Å². The van der Waals surface area contributed by atoms with Crippen molar-refractivity contribution in [3.05, 3.63) is 18.5 Å². The lowest BCUT2D eigenvalue weighted by atomic mass is 10.2. The Balaban J connectivity index is 2.19. The van der Waals surface area contributed by atoms with Crippen molar-refractivity contribution >= 4 is 11.9 Å². The molecule has 1 unspecified atom stereocenters. The summed E-state index contributed by atoms with van der Waals surface area (Å²) in [5.41, 5.74) is 0. The summed E-state index contributed by atoms with van der Waals surface area (Å²) in [5, 5.41) is 0. The van der Waals surface area contributed by atoms with E-state index in [1.807, 2.05) is 4.90 Å². The zero-order valence-corrected chi connectivity index (χ0v) is 9.63. The van der Waals surface area contributed by atoms with E-state index in [1.165, 1.54) is 0 Å². The first-order chi connectivity index (χ1) is 7.70. The zero-order valence-electron chi connectivity index (χ0n) is 9.63. The molecule has 1 aliphatic heterocycles. The number of likely N-dealkylation sites (N-methyl/N-ethyl adjacent to an activating group) is 1. The van der Waals surface area contributed by atoms with E-state index in [9.17, 15) is 4.79 Å². The first-order valence-electron chi connectivity index (χ1n) is 5.45. The zero-order chi connectivity index (χ0) is 11.5. The molecule has 1 amide bonds. The summed E-state index contributed by atoms with van der Waals surface area (Å²) in [6.07, 6.45) is 5.31. The van der Waals surface area contributed by atoms with Gasteiger partial charge in [-0.05, 0) is 18.9 Å². The summed E-state index contributed by atoms with van der Waals surface area (Å²) in [5.74, 6) is 0.783. The van der Waals surface area contributed by atoms with Crippen molar-refractivity contribution in [1.29, 1.82) is 0 Å². The number of amides is 1. The first kappa shape index (κ1) is 10.9. The van der Waals surface area contributed by atoms with Crippen molar-refractivity contribution < 1.29 is 4.79 Å². The molecule has 0 radical (unpaired) electrons. The summed E-state index contributed by atoms with van der Waals surface area (Å²) in [6.45, 7) is 0.855. The summed E-state index contributed by atoms with van der Waals surface area (Å²) in [7, 11) is 3.56. The fourth-order valence-electron chi connectivity index (χ4n) is 2.00. The van der Waals surface area contributed by atoms with Gasteiger partial charge < -0.3 is 9.80 Å². The highest BCUT2D eigenvalue weighted by Crippen LogP contribution is 2.22. The van der Waals surface area contributed by atoms with Crippen LogP contribution in [0.4, 0.5) is 5.95 Å². The number of anilines is 1. The Bertz CT molecular complexity index is 366. The normalized spacial score (nSPS) is 19.9. The van der Waals surface area contributed by atoms with Crippen molar-refractivity contribution in [2.45, 2.75) is 18.9 Å². The lowest BCUT2D eigenvalue weighted by molar-refractivity contribution is -0.129. The van der Waals surface area contributed by atoms with Crippen molar-refractivity contribution in [2.75, 3.05) is 25.5 Å². The quantitative estimate of drug-likeness (QED) is 0.729. The largest absolute Gasteiger partial charge is 0.347 e. The summed E-state index contributed by atoms with van der Waals surface area (Å²) in [6, 6.07) is 1.68. The van der Waals surface area contributed by atoms with E-state index in [0.29, 0.717) is 5.95 Å². The lowest BCUT2D eigenvalue weighted by Crippen LogP contribution is -2.43. The third-order valence-electron chi connectivity index (χ3n) is 2.79. The number of hydrogen-bond acceptors (Lipinski definition) is 4. The highest BCUT2D eigenvalue weighted by atomic mass is 16.2. The van der Waals surface area contributed by atoms with E-state index < -0.39 is 0 Å². The molecule has 0 saturated carbocycles. The third kappa shape index (κ3) is 1.98. The molecule has 1 atom stereocenters. The van der Waals surface area contributed by atoms with Gasteiger partial charge in [-0.15, -0.1) is 0 Å². The van der Waals surface area contributed by atoms with Crippen LogP contribution >= 0.6 is 0 Å². The Morgan fingerprint density at radius 1 is 1.44 bits per heavy atom. The molecule has 0 bridgehead atoms. The average Bonchev–Trinajstić information content (AvgIpc) is 2.77. The first-order valence-corrected chi connectivity index (χ1v) is 5.45. The maximum atomic E-state index is 12.0. The van der Waals surface area contributed by atoms with Gasteiger partial charge in [0.25, 0.3) is 0 Å². The third-order valence-corrected chi connectivity index (χ3v) is 2.79. The van der Waals surface area contributed by atoms with Crippen LogP contribution < -0.4 is 4.90 Å². The molecule has 1 fully saturated rings. The number of hydrogen-bond donors (Lipinski definition) is 0. The highest BCUT2D eigenvalue weighted by molar-refractivity contribution is 5.84. The molecule has 0 N–H and O–H groups in total. The molecule has 0 spiro atoms. The number of carbonyl (C=O) groups is 1. The molecular formula is C11H16N4O. The van der Waals surface area contributed by atoms with Gasteiger partial charge in [-0.1, -0.05) is 0 Å². The molecular weight excluding hydrogens is 204 g/mol. The van der Waals surface area contributed by atoms with Gasteiger partial charge in [0.2, 0.25) is 11.9 Å². The number of rotatable bonds is 2. The Morgan fingerprint density at radius 2 is 2.12 bits per heavy atom. The van der Waals surface area contributed by atoms with Gasteiger partial charge in [-0.2, -0.15) is 0 Å². The van der Waals surface area contributed by atoms with Crippen LogP contribution in [-0.4, -0.2) is 47.5 Å². The number of carbonyl (C=O) groups excluding carboxylic acids is 1. The Kier molecular flexibility index (Phi) is 3.03. The van der Waals surface area contributed by atoms with Crippen LogP contribution in [0.25, 0.3) is 0 Å². The highest BCUT2D eigenvalue weighted by Gasteiger charge is 2.33. The van der Waals surface area contributed by atoms with Gasteiger partial charge in [0.1, 0.15) is 6.04 Å². The molecule has 1 aromatic heterocycles. The Hall–Kier alpha value is -1.65. The second-order valence-corrected chi connectivity index (χ2v) is 4.13. The lowest BCUT2D eigenvalue weighted by Gasteiger charge is -2.25. The predicted molar refractivity (Wildman–Crippen MR) is 61.1 cm³/mol. The van der Waals surface area contributed by atoms with Gasteiger partial charge in [-0.3, -0.25) is 4.79 Å². The van der Waals surface area contributed by atoms with Crippen molar-refractivity contribution in [2.24, 2.45) is 0 Å². The minimum atomic E-state index is -0.0996. The summed E-state index contributed by atoms with van der Waals surface area (Å²) >= 11 is 0. The number of nitrogens with zero attached hydrogens (tertiary/aromatic N) is 4. The van der Waals surface area contributed by atoms with Crippen LogP contribution in [0.5, 0.6) is 0 Å². The summed E-state index contributed by atoms with van der Waals surface area (Å²) in [4.78, 5) is 24.0. The topological polar surface area (TPSA) is 49.3 Å². The van der Waals surface area contributed by atoms with Crippen LogP contribution in [0.1, 0.15) is 12.8 Å². The van der Waals surface area contributed by atoms with Crippen molar-refractivity contribution in [3.8, 4) is 0 Å². The van der Waals surface area contributed by atoms with Crippen LogP contribution in [-0.2, 0) is 4.79 Å². The molecule has 1 aromatic rings. The standard InChI is InChI=1S/C11H16N4O/c1-14(2)10(16)9-5-3-8-15(9)11-12-6-4-7-13-11/h4,6-7,9H,3,5,8H2,1-2H3. The van der Waals surface area contributed by atoms with E-state index in [1.54, 1.807) is 37.5 Å². The van der Waals surface area contributed by atoms with Gasteiger partial charge in [0.15, 0.2) is 0 Å². The van der Waals surface area contributed by atoms with Crippen molar-refractivity contribution in [3.63, 3.8) is 0 Å². The van der Waals surface area contributed by atoms with E-state index in [2.05, 4.69) is 9.97 Å². The van der Waals surface area contributed by atoms with Crippen LogP contribution in [0.15, 0.2) is 18.5 Å². The molecule has 5 heteroatoms. The fourth-order valence-corrected chi connectivity index (χ4v) is 2.00. The molecule has 0 aliphatic carbocycles. The smallest absolute Gasteiger partial charge is 0.244 e. The van der Waals surface area contributed by atoms with Gasteiger partial charge in [-0.25, -0.2) is 9.97 Å². The fraction of sp³-hybridized carbons (Fsp3) is 0.545. The molecule has 2 rings (SSSR count). The second-order valence-electron chi connectivity index (χ2n) is 4.13. The Morgan fingerprint density at radius 3 is 2.75 bits per heavy atom. The minimum Gasteiger partial charge on any atom is -0.347 e. The molecule has 1 aliphatic rings. The average molecular weight is 220 g/mol. The molecule has 16 heavy (non-hydrogen) atoms. The SMILES string of the molecule is CN(C)C(=O)C1CCCN1c1ncccn1. The van der Waals surface area contributed by atoms with E-state index in [-0.39, 0.29) is 11.9 Å². The van der Waals surface area contributed by atoms with Crippen LogP contribution in [0, 0.1) is 0 Å². The maximum Gasteiger partial charge on any atom is 0.244 e. The van der Waals surface area contributed by atoms with Crippen LogP contribution in [0.2, 0.25) is 0 Å². The van der Waals surface area contributed by atoms with Gasteiger partial charge in [0.05, 0.1) is 0 Å². The Labute approximate surface area is 95.1 Å². The molecule has 1 saturated heterocycles. The van der Waals surface area contributed by atoms with E-state index in [4.69, 9.17) is 0 Å². The van der Waals surface area contributed by atoms with Crippen molar-refractivity contribution in [1.82, 2.24) is 14.9 Å². The molecule has 5 nitrogen and oxygen atoms in total. The number of aromatic nitrogens is 2. The summed E-state index contributed by atoms with van der Waals surface area (Å²) < 4.78 is 0. The second kappa shape index (κ2) is 4.47. The molecule has 2 heterocycles. The monoisotopic (exact) mass is 220 g/mol. The van der Waals surface area contributed by atoms with Gasteiger partial charge >= 0.3 is 0 Å². The predicted octanol–water partition coefficient (Wildman–Crippen LogP) is 0.534.